The number of benzene rings is 1. The lowest BCUT2D eigenvalue weighted by atomic mass is 9.96. The number of nitrogens with two attached hydrogens (primary N) is 1. The number of carbonyl (C=O) groups is 2. The third kappa shape index (κ3) is 5.31. The predicted octanol–water partition coefficient (Wildman–Crippen LogP) is 1.56. The van der Waals surface area contributed by atoms with E-state index in [0.717, 1.165) is 18.9 Å². The van der Waals surface area contributed by atoms with Crippen molar-refractivity contribution in [2.24, 2.45) is 11.7 Å². The van der Waals surface area contributed by atoms with Gasteiger partial charge in [-0.25, -0.2) is 4.39 Å². The first-order valence-corrected chi connectivity index (χ1v) is 8.68. The molecular formula is C17H23ClFN3O3. The highest BCUT2D eigenvalue weighted by atomic mass is 35.5. The molecule has 1 aromatic rings. The Morgan fingerprint density at radius 3 is 2.96 bits per heavy atom. The summed E-state index contributed by atoms with van der Waals surface area (Å²) in [6.45, 7) is 3.33. The number of nitrogens with zero attached hydrogens (tertiary/aromatic N) is 1. The van der Waals surface area contributed by atoms with Crippen LogP contribution in [0.25, 0.3) is 0 Å². The molecule has 3 N–H and O–H groups in total. The largest absolute Gasteiger partial charge is 0.479 e. The first-order valence-electron chi connectivity index (χ1n) is 8.30. The minimum atomic E-state index is -0.784. The van der Waals surface area contributed by atoms with Crippen molar-refractivity contribution < 1.29 is 18.7 Å². The van der Waals surface area contributed by atoms with Crippen LogP contribution < -0.4 is 15.8 Å². The average Bonchev–Trinajstić information content (AvgIpc) is 2.61. The van der Waals surface area contributed by atoms with Crippen molar-refractivity contribution in [3.8, 4) is 5.75 Å². The summed E-state index contributed by atoms with van der Waals surface area (Å²) in [5.74, 6) is -0.780. The average molecular weight is 372 g/mol. The van der Waals surface area contributed by atoms with Gasteiger partial charge in [0.05, 0.1) is 10.9 Å². The highest BCUT2D eigenvalue weighted by molar-refractivity contribution is 6.32. The van der Waals surface area contributed by atoms with Crippen LogP contribution in [0.5, 0.6) is 5.75 Å². The summed E-state index contributed by atoms with van der Waals surface area (Å²) in [5, 5.41) is 2.87. The summed E-state index contributed by atoms with van der Waals surface area (Å²) in [6, 6.07) is 3.74. The summed E-state index contributed by atoms with van der Waals surface area (Å²) in [7, 11) is 0. The molecule has 1 aromatic carbocycles. The van der Waals surface area contributed by atoms with Gasteiger partial charge in [0.25, 0.3) is 5.91 Å². The number of carbonyl (C=O) groups excluding carboxylic acids is 2. The Bertz CT molecular complexity index is 629. The molecule has 1 aliphatic rings. The normalized spacial score (nSPS) is 18.6. The van der Waals surface area contributed by atoms with Crippen molar-refractivity contribution in [2.45, 2.75) is 25.9 Å². The lowest BCUT2D eigenvalue weighted by Crippen LogP contribution is -2.49. The van der Waals surface area contributed by atoms with Crippen molar-refractivity contribution in [1.82, 2.24) is 10.2 Å². The first kappa shape index (κ1) is 19.5. The van der Waals surface area contributed by atoms with Gasteiger partial charge in [-0.15, -0.1) is 0 Å². The Morgan fingerprint density at radius 1 is 1.52 bits per heavy atom. The maximum atomic E-state index is 13.1. The van der Waals surface area contributed by atoms with Crippen LogP contribution in [0.1, 0.15) is 19.8 Å². The number of likely N-dealkylation sites (tertiary alicyclic amines) is 1. The van der Waals surface area contributed by atoms with Gasteiger partial charge in [-0.3, -0.25) is 9.59 Å². The third-order valence-corrected chi connectivity index (χ3v) is 4.39. The van der Waals surface area contributed by atoms with Gasteiger partial charge in [-0.2, -0.15) is 0 Å². The second-order valence-electron chi connectivity index (χ2n) is 6.04. The smallest absolute Gasteiger partial charge is 0.263 e. The summed E-state index contributed by atoms with van der Waals surface area (Å²) < 4.78 is 18.6. The second kappa shape index (κ2) is 9.01. The molecule has 0 aliphatic carbocycles. The lowest BCUT2D eigenvalue weighted by Gasteiger charge is -2.33. The molecule has 138 valence electrons. The number of piperidine rings is 1. The molecule has 2 unspecified atom stereocenters. The molecule has 8 heteroatoms. The Balaban J connectivity index is 1.95. The van der Waals surface area contributed by atoms with Gasteiger partial charge < -0.3 is 20.7 Å². The Morgan fingerprint density at radius 2 is 2.28 bits per heavy atom. The number of amides is 2. The standard InChI is InChI=1S/C17H23ClFN3O3/c1-11(25-15-5-4-13(19)9-14(15)18)17(24)22-8-2-3-12(10-22)16(23)21-7-6-20/h4-5,9,11-12H,2-3,6-8,10,20H2,1H3,(H,21,23). The van der Waals surface area contributed by atoms with E-state index in [2.05, 4.69) is 5.32 Å². The van der Waals surface area contributed by atoms with E-state index < -0.39 is 11.9 Å². The summed E-state index contributed by atoms with van der Waals surface area (Å²) in [6.07, 6.45) is 0.698. The number of hydrogen-bond acceptors (Lipinski definition) is 4. The van der Waals surface area contributed by atoms with E-state index in [1.807, 2.05) is 0 Å². The van der Waals surface area contributed by atoms with Crippen molar-refractivity contribution in [3.05, 3.63) is 29.0 Å². The van der Waals surface area contributed by atoms with E-state index in [1.54, 1.807) is 11.8 Å². The van der Waals surface area contributed by atoms with Crippen molar-refractivity contribution in [1.29, 1.82) is 0 Å². The van der Waals surface area contributed by atoms with Crippen molar-refractivity contribution in [3.63, 3.8) is 0 Å². The van der Waals surface area contributed by atoms with E-state index in [9.17, 15) is 14.0 Å². The molecule has 25 heavy (non-hydrogen) atoms. The fourth-order valence-electron chi connectivity index (χ4n) is 2.80. The highest BCUT2D eigenvalue weighted by Gasteiger charge is 2.31. The van der Waals surface area contributed by atoms with Gasteiger partial charge >= 0.3 is 0 Å². The summed E-state index contributed by atoms with van der Waals surface area (Å²) in [5.41, 5.74) is 5.39. The zero-order valence-corrected chi connectivity index (χ0v) is 14.9. The Hall–Kier alpha value is -1.86. The fraction of sp³-hybridized carbons (Fsp3) is 0.529. The van der Waals surface area contributed by atoms with Crippen molar-refractivity contribution in [2.75, 3.05) is 26.2 Å². The van der Waals surface area contributed by atoms with Gasteiger partial charge in [-0.1, -0.05) is 11.6 Å². The molecule has 2 amide bonds. The van der Waals surface area contributed by atoms with Crippen LogP contribution in [0.2, 0.25) is 5.02 Å². The minimum Gasteiger partial charge on any atom is -0.479 e. The third-order valence-electron chi connectivity index (χ3n) is 4.09. The van der Waals surface area contributed by atoms with Crippen LogP contribution >= 0.6 is 11.6 Å². The number of nitrogens with one attached hydrogen (secondary N) is 1. The molecule has 2 rings (SSSR count). The number of ether oxygens (including phenoxy) is 1. The predicted molar refractivity (Wildman–Crippen MR) is 92.9 cm³/mol. The molecule has 0 bridgehead atoms. The van der Waals surface area contributed by atoms with Crippen molar-refractivity contribution >= 4 is 23.4 Å². The highest BCUT2D eigenvalue weighted by Crippen LogP contribution is 2.26. The van der Waals surface area contributed by atoms with E-state index >= 15 is 0 Å². The number of rotatable bonds is 6. The van der Waals surface area contributed by atoms with E-state index in [0.29, 0.717) is 26.2 Å². The summed E-state index contributed by atoms with van der Waals surface area (Å²) in [4.78, 5) is 26.3. The maximum absolute atomic E-state index is 13.1. The van der Waals surface area contributed by atoms with Gasteiger partial charge in [0, 0.05) is 26.2 Å². The van der Waals surface area contributed by atoms with Crippen LogP contribution in [-0.2, 0) is 9.59 Å². The molecule has 1 aliphatic heterocycles. The molecule has 1 heterocycles. The van der Waals surface area contributed by atoms with Crippen LogP contribution in [0, 0.1) is 11.7 Å². The van der Waals surface area contributed by atoms with Gasteiger partial charge in [0.1, 0.15) is 11.6 Å². The first-order chi connectivity index (χ1) is 11.9. The molecular weight excluding hydrogens is 349 g/mol. The molecule has 1 fully saturated rings. The second-order valence-corrected chi connectivity index (χ2v) is 6.45. The van der Waals surface area contributed by atoms with Crippen LogP contribution in [0.3, 0.4) is 0 Å². The van der Waals surface area contributed by atoms with E-state index in [4.69, 9.17) is 22.1 Å². The van der Waals surface area contributed by atoms with E-state index in [-0.39, 0.29) is 28.5 Å². The maximum Gasteiger partial charge on any atom is 0.263 e. The monoisotopic (exact) mass is 371 g/mol. The van der Waals surface area contributed by atoms with E-state index in [1.165, 1.54) is 12.1 Å². The molecule has 0 aromatic heterocycles. The van der Waals surface area contributed by atoms with Crippen LogP contribution in [0.15, 0.2) is 18.2 Å². The summed E-state index contributed by atoms with van der Waals surface area (Å²) >= 11 is 5.92. The Labute approximate surface area is 151 Å². The SMILES string of the molecule is CC(Oc1ccc(F)cc1Cl)C(=O)N1CCCC(C(=O)NCCN)C1. The Kier molecular flexibility index (Phi) is 7.01. The van der Waals surface area contributed by atoms with Gasteiger partial charge in [0.2, 0.25) is 5.91 Å². The molecule has 0 radical (unpaired) electrons. The zero-order valence-electron chi connectivity index (χ0n) is 14.1. The number of halogens is 2. The molecule has 6 nitrogen and oxygen atoms in total. The lowest BCUT2D eigenvalue weighted by molar-refractivity contribution is -0.141. The van der Waals surface area contributed by atoms with Crippen LogP contribution in [0.4, 0.5) is 4.39 Å². The van der Waals surface area contributed by atoms with Gasteiger partial charge in [-0.05, 0) is 38.0 Å². The molecule has 0 saturated carbocycles. The van der Waals surface area contributed by atoms with Gasteiger partial charge in [0.15, 0.2) is 6.10 Å². The quantitative estimate of drug-likeness (QED) is 0.794. The topological polar surface area (TPSA) is 84.7 Å². The molecule has 1 saturated heterocycles. The van der Waals surface area contributed by atoms with Crippen LogP contribution in [-0.4, -0.2) is 49.0 Å². The number of hydrogen-bond donors (Lipinski definition) is 2. The minimum absolute atomic E-state index is 0.0851. The zero-order chi connectivity index (χ0) is 18.4. The molecule has 0 spiro atoms. The molecule has 2 atom stereocenters. The fourth-order valence-corrected chi connectivity index (χ4v) is 3.01.